The summed E-state index contributed by atoms with van der Waals surface area (Å²) in [4.78, 5) is 16.4. The maximum atomic E-state index is 5.78. The molecule has 3 rings (SSSR count). The van der Waals surface area contributed by atoms with Gasteiger partial charge in [0.05, 0.1) is 6.20 Å². The van der Waals surface area contributed by atoms with Crippen LogP contribution in [-0.2, 0) is 0 Å². The Balaban J connectivity index is 2.01. The maximum absolute atomic E-state index is 5.78. The van der Waals surface area contributed by atoms with Gasteiger partial charge < -0.3 is 11.1 Å². The molecule has 0 saturated heterocycles. The fraction of sp³-hybridized carbons (Fsp3) is 0.0769. The number of nitrogens with one attached hydrogen (secondary N) is 1. The van der Waals surface area contributed by atoms with E-state index in [9.17, 15) is 0 Å². The maximum Gasteiger partial charge on any atom is 0.226 e. The second-order valence-electron chi connectivity index (χ2n) is 4.30. The molecule has 1 aromatic carbocycles. The predicted octanol–water partition coefficient (Wildman–Crippen LogP) is 2.71. The Hall–Kier alpha value is -2.47. The van der Waals surface area contributed by atoms with Crippen molar-refractivity contribution in [3.05, 3.63) is 41.3 Å². The zero-order valence-corrected chi connectivity index (χ0v) is 11.4. The van der Waals surface area contributed by atoms with Crippen molar-refractivity contribution in [2.75, 3.05) is 11.1 Å². The minimum absolute atomic E-state index is 0.0590. The molecule has 0 aliphatic rings. The number of nitrogens with zero attached hydrogens (tertiary/aromatic N) is 4. The minimum Gasteiger partial charge on any atom is -0.382 e. The molecule has 6 nitrogen and oxygen atoms in total. The molecule has 20 heavy (non-hydrogen) atoms. The number of fused-ring (bicyclic) bond motifs is 1. The Kier molecular flexibility index (Phi) is 3.08. The van der Waals surface area contributed by atoms with Crippen LogP contribution in [0.25, 0.3) is 11.2 Å². The molecule has 0 saturated carbocycles. The van der Waals surface area contributed by atoms with E-state index in [4.69, 9.17) is 17.3 Å². The van der Waals surface area contributed by atoms with Crippen LogP contribution in [0.15, 0.2) is 30.5 Å². The van der Waals surface area contributed by atoms with Gasteiger partial charge in [0, 0.05) is 5.69 Å². The second kappa shape index (κ2) is 4.90. The number of hydrogen-bond acceptors (Lipinski definition) is 6. The number of rotatable bonds is 2. The Morgan fingerprint density at radius 1 is 1.20 bits per heavy atom. The van der Waals surface area contributed by atoms with Crippen molar-refractivity contribution in [2.45, 2.75) is 6.92 Å². The molecular weight excluding hydrogens is 276 g/mol. The van der Waals surface area contributed by atoms with Crippen LogP contribution in [0.3, 0.4) is 0 Å². The predicted molar refractivity (Wildman–Crippen MR) is 79.0 cm³/mol. The number of aryl methyl sites for hydroxylation is 1. The van der Waals surface area contributed by atoms with Gasteiger partial charge >= 0.3 is 0 Å². The lowest BCUT2D eigenvalue weighted by Gasteiger charge is -2.07. The van der Waals surface area contributed by atoms with Gasteiger partial charge in [-0.1, -0.05) is 12.1 Å². The number of hydrogen-bond donors (Lipinski definition) is 2. The van der Waals surface area contributed by atoms with Gasteiger partial charge in [-0.05, 0) is 36.2 Å². The Bertz CT molecular complexity index is 789. The third-order valence-electron chi connectivity index (χ3n) is 2.70. The largest absolute Gasteiger partial charge is 0.382 e. The van der Waals surface area contributed by atoms with Gasteiger partial charge in [-0.15, -0.1) is 0 Å². The van der Waals surface area contributed by atoms with E-state index >= 15 is 0 Å². The summed E-state index contributed by atoms with van der Waals surface area (Å²) in [6, 6.07) is 7.93. The lowest BCUT2D eigenvalue weighted by molar-refractivity contribution is 1.15. The van der Waals surface area contributed by atoms with E-state index in [2.05, 4.69) is 25.3 Å². The highest BCUT2D eigenvalue weighted by atomic mass is 35.5. The van der Waals surface area contributed by atoms with Crippen LogP contribution < -0.4 is 11.1 Å². The van der Waals surface area contributed by atoms with Gasteiger partial charge in [-0.3, -0.25) is 0 Å². The van der Waals surface area contributed by atoms with Crippen LogP contribution >= 0.6 is 11.6 Å². The number of nitrogens with two attached hydrogens (primary N) is 1. The van der Waals surface area contributed by atoms with Crippen LogP contribution in [0.4, 0.5) is 17.3 Å². The van der Waals surface area contributed by atoms with Gasteiger partial charge in [-0.25, -0.2) is 9.97 Å². The van der Waals surface area contributed by atoms with E-state index in [-0.39, 0.29) is 11.1 Å². The molecule has 0 aliphatic heterocycles. The number of aromatic nitrogens is 4. The molecule has 3 N–H and O–H groups in total. The number of benzene rings is 1. The van der Waals surface area contributed by atoms with E-state index in [0.29, 0.717) is 17.0 Å². The molecule has 0 spiro atoms. The topological polar surface area (TPSA) is 89.6 Å². The summed E-state index contributed by atoms with van der Waals surface area (Å²) in [7, 11) is 0. The summed E-state index contributed by atoms with van der Waals surface area (Å²) in [5, 5.41) is 3.22. The van der Waals surface area contributed by atoms with E-state index < -0.39 is 0 Å². The summed E-state index contributed by atoms with van der Waals surface area (Å²) < 4.78 is 0. The lowest BCUT2D eigenvalue weighted by atomic mass is 10.2. The van der Waals surface area contributed by atoms with Crippen LogP contribution in [0.2, 0.25) is 5.28 Å². The SMILES string of the molecule is Cc1cccc(Nc2cnc3nc(Cl)nc(N)c3n2)c1. The van der Waals surface area contributed by atoms with E-state index in [0.717, 1.165) is 11.3 Å². The Morgan fingerprint density at radius 3 is 2.85 bits per heavy atom. The molecule has 3 aromatic rings. The number of nitrogen functional groups attached to an aromatic ring is 1. The molecule has 0 fully saturated rings. The quantitative estimate of drug-likeness (QED) is 0.704. The van der Waals surface area contributed by atoms with E-state index in [1.807, 2.05) is 31.2 Å². The van der Waals surface area contributed by atoms with Crippen LogP contribution in [-0.4, -0.2) is 19.9 Å². The highest BCUT2D eigenvalue weighted by Gasteiger charge is 2.08. The van der Waals surface area contributed by atoms with Gasteiger partial charge in [-0.2, -0.15) is 9.97 Å². The average Bonchev–Trinajstić information content (AvgIpc) is 2.39. The first-order valence-corrected chi connectivity index (χ1v) is 6.29. The summed E-state index contributed by atoms with van der Waals surface area (Å²) >= 11 is 5.73. The third-order valence-corrected chi connectivity index (χ3v) is 2.87. The van der Waals surface area contributed by atoms with Crippen molar-refractivity contribution in [1.82, 2.24) is 19.9 Å². The Labute approximate surface area is 120 Å². The first-order valence-electron chi connectivity index (χ1n) is 5.91. The third kappa shape index (κ3) is 2.46. The summed E-state index contributed by atoms with van der Waals surface area (Å²) in [6.45, 7) is 2.02. The molecule has 0 amide bonds. The first-order chi connectivity index (χ1) is 9.61. The van der Waals surface area contributed by atoms with E-state index in [1.165, 1.54) is 0 Å². The highest BCUT2D eigenvalue weighted by Crippen LogP contribution is 2.20. The molecule has 0 unspecified atom stereocenters. The van der Waals surface area contributed by atoms with Crippen LogP contribution in [0, 0.1) is 6.92 Å². The zero-order valence-electron chi connectivity index (χ0n) is 10.6. The fourth-order valence-electron chi connectivity index (χ4n) is 1.83. The van der Waals surface area contributed by atoms with Gasteiger partial charge in [0.2, 0.25) is 5.28 Å². The van der Waals surface area contributed by atoms with Crippen LogP contribution in [0.1, 0.15) is 5.56 Å². The van der Waals surface area contributed by atoms with Gasteiger partial charge in [0.15, 0.2) is 17.0 Å². The normalized spacial score (nSPS) is 10.7. The molecule has 2 aromatic heterocycles. The zero-order chi connectivity index (χ0) is 14.1. The molecule has 2 heterocycles. The van der Waals surface area contributed by atoms with Gasteiger partial charge in [0.1, 0.15) is 5.82 Å². The molecule has 0 radical (unpaired) electrons. The van der Waals surface area contributed by atoms with Gasteiger partial charge in [0.25, 0.3) is 0 Å². The smallest absolute Gasteiger partial charge is 0.226 e. The average molecular weight is 287 g/mol. The summed E-state index contributed by atoms with van der Waals surface area (Å²) in [5.74, 6) is 0.779. The highest BCUT2D eigenvalue weighted by molar-refractivity contribution is 6.28. The molecule has 0 bridgehead atoms. The van der Waals surface area contributed by atoms with Crippen molar-refractivity contribution in [1.29, 1.82) is 0 Å². The molecular formula is C13H11ClN6. The molecule has 7 heteroatoms. The van der Waals surface area contributed by atoms with Crippen molar-refractivity contribution in [3.8, 4) is 0 Å². The van der Waals surface area contributed by atoms with Crippen molar-refractivity contribution >= 4 is 40.1 Å². The molecule has 100 valence electrons. The Morgan fingerprint density at radius 2 is 2.05 bits per heavy atom. The second-order valence-corrected chi connectivity index (χ2v) is 4.64. The van der Waals surface area contributed by atoms with E-state index in [1.54, 1.807) is 6.20 Å². The molecule has 0 aliphatic carbocycles. The standard InChI is InChI=1S/C13H11ClN6/c1-7-3-2-4-8(5-7)17-9-6-16-12-10(18-9)11(15)19-13(14)20-12/h2-6H,1H3,(H,17,18)(H2,15,16,19,20). The van der Waals surface area contributed by atoms with Crippen molar-refractivity contribution < 1.29 is 0 Å². The van der Waals surface area contributed by atoms with Crippen molar-refractivity contribution in [2.24, 2.45) is 0 Å². The fourth-order valence-corrected chi connectivity index (χ4v) is 2.00. The lowest BCUT2D eigenvalue weighted by Crippen LogP contribution is -2.01. The first kappa shape index (κ1) is 12.6. The number of halogens is 1. The minimum atomic E-state index is 0.0590. The van der Waals surface area contributed by atoms with Crippen LogP contribution in [0.5, 0.6) is 0 Å². The van der Waals surface area contributed by atoms with Crippen molar-refractivity contribution in [3.63, 3.8) is 0 Å². The summed E-state index contributed by atoms with van der Waals surface area (Å²) in [5.41, 5.74) is 8.65. The monoisotopic (exact) mass is 286 g/mol. The molecule has 0 atom stereocenters. The number of anilines is 3. The summed E-state index contributed by atoms with van der Waals surface area (Å²) in [6.07, 6.45) is 1.58.